The Morgan fingerprint density at radius 1 is 1.33 bits per heavy atom. The molecule has 0 saturated heterocycles. The van der Waals surface area contributed by atoms with Gasteiger partial charge in [0.25, 0.3) is 0 Å². The molecule has 2 amide bonds. The van der Waals surface area contributed by atoms with Crippen molar-refractivity contribution < 1.29 is 9.53 Å². The number of hydrogen-bond donors (Lipinski definition) is 2. The summed E-state index contributed by atoms with van der Waals surface area (Å²) in [6.45, 7) is 2.00. The lowest BCUT2D eigenvalue weighted by Gasteiger charge is -2.24. The Kier molecular flexibility index (Phi) is 8.56. The van der Waals surface area contributed by atoms with Gasteiger partial charge in [-0.3, -0.25) is 0 Å². The minimum absolute atomic E-state index is 0.102. The number of rotatable bonds is 9. The first-order chi connectivity index (χ1) is 11.7. The fraction of sp³-hybridized carbons (Fsp3) is 0.722. The van der Waals surface area contributed by atoms with Crippen LogP contribution in [0.25, 0.3) is 0 Å². The van der Waals surface area contributed by atoms with E-state index in [-0.39, 0.29) is 12.1 Å². The Bertz CT molecular complexity index is 459. The van der Waals surface area contributed by atoms with Crippen molar-refractivity contribution in [3.63, 3.8) is 0 Å². The van der Waals surface area contributed by atoms with E-state index in [1.807, 2.05) is 14.1 Å². The average Bonchev–Trinajstić information content (AvgIpc) is 3.09. The third-order valence-corrected chi connectivity index (χ3v) is 5.22. The van der Waals surface area contributed by atoms with Crippen LogP contribution in [0, 0.1) is 0 Å². The summed E-state index contributed by atoms with van der Waals surface area (Å²) in [5, 5.41) is 10.1. The number of amides is 2. The molecule has 0 radical (unpaired) electrons. The van der Waals surface area contributed by atoms with E-state index < -0.39 is 0 Å². The average molecular weight is 354 g/mol. The van der Waals surface area contributed by atoms with Crippen molar-refractivity contribution >= 4 is 17.4 Å². The lowest BCUT2D eigenvalue weighted by atomic mass is 9.98. The van der Waals surface area contributed by atoms with Crippen LogP contribution in [-0.4, -0.2) is 50.8 Å². The van der Waals surface area contributed by atoms with E-state index in [0.29, 0.717) is 19.2 Å². The molecule has 1 fully saturated rings. The van der Waals surface area contributed by atoms with Crippen LogP contribution in [0.5, 0.6) is 0 Å². The van der Waals surface area contributed by atoms with E-state index in [9.17, 15) is 4.79 Å². The predicted octanol–water partition coefficient (Wildman–Crippen LogP) is 3.39. The van der Waals surface area contributed by atoms with Gasteiger partial charge >= 0.3 is 6.03 Å². The largest absolute Gasteiger partial charge is 0.378 e. The van der Waals surface area contributed by atoms with Crippen molar-refractivity contribution in [2.75, 3.05) is 33.8 Å². The van der Waals surface area contributed by atoms with Gasteiger partial charge in [-0.2, -0.15) is 11.3 Å². The second-order valence-electron chi connectivity index (χ2n) is 6.66. The molecule has 1 saturated carbocycles. The Labute approximate surface area is 149 Å². The highest BCUT2D eigenvalue weighted by atomic mass is 32.1. The number of ether oxygens (including phenoxy) is 1. The molecule has 0 bridgehead atoms. The van der Waals surface area contributed by atoms with E-state index in [1.54, 1.807) is 11.3 Å². The molecule has 1 aliphatic rings. The minimum Gasteiger partial charge on any atom is -0.378 e. The van der Waals surface area contributed by atoms with Crippen molar-refractivity contribution in [1.29, 1.82) is 0 Å². The highest BCUT2D eigenvalue weighted by Crippen LogP contribution is 2.20. The Balaban J connectivity index is 1.55. The monoisotopic (exact) mass is 353 g/mol. The maximum absolute atomic E-state index is 11.9. The summed E-state index contributed by atoms with van der Waals surface area (Å²) in [5.41, 5.74) is 1.24. The maximum Gasteiger partial charge on any atom is 0.314 e. The molecule has 1 atom stereocenters. The van der Waals surface area contributed by atoms with E-state index >= 15 is 0 Å². The first-order valence-electron chi connectivity index (χ1n) is 8.98. The lowest BCUT2D eigenvalue weighted by molar-refractivity contribution is 0.0275. The zero-order chi connectivity index (χ0) is 17.2. The van der Waals surface area contributed by atoms with Crippen LogP contribution < -0.4 is 10.6 Å². The summed E-state index contributed by atoms with van der Waals surface area (Å²) in [5.74, 6) is 0. The number of carbonyl (C=O) groups is 1. The molecule has 1 heterocycles. The van der Waals surface area contributed by atoms with Gasteiger partial charge in [0, 0.05) is 19.7 Å². The molecule has 6 heteroatoms. The molecule has 2 N–H and O–H groups in total. The van der Waals surface area contributed by atoms with Gasteiger partial charge in [-0.25, -0.2) is 4.79 Å². The first kappa shape index (κ1) is 19.2. The summed E-state index contributed by atoms with van der Waals surface area (Å²) in [6, 6.07) is 2.21. The standard InChI is InChI=1S/C18H31N3O2S/c1-21(2)17(15-9-12-24-14-15)13-20-18(22)19-10-6-11-23-16-7-4-3-5-8-16/h9,12,14,16-17H,3-8,10-11,13H2,1-2H3,(H2,19,20,22). The van der Waals surface area contributed by atoms with Gasteiger partial charge in [0.15, 0.2) is 0 Å². The van der Waals surface area contributed by atoms with E-state index in [2.05, 4.69) is 32.4 Å². The van der Waals surface area contributed by atoms with Crippen molar-refractivity contribution in [2.45, 2.75) is 50.7 Å². The van der Waals surface area contributed by atoms with Crippen LogP contribution in [-0.2, 0) is 4.74 Å². The number of urea groups is 1. The quantitative estimate of drug-likeness (QED) is 0.669. The molecule has 1 aromatic rings. The van der Waals surface area contributed by atoms with Crippen LogP contribution in [0.3, 0.4) is 0 Å². The number of carbonyl (C=O) groups excluding carboxylic acids is 1. The van der Waals surface area contributed by atoms with E-state index in [1.165, 1.54) is 37.7 Å². The Hall–Kier alpha value is -1.11. The molecule has 0 spiro atoms. The van der Waals surface area contributed by atoms with Gasteiger partial charge in [0.2, 0.25) is 0 Å². The molecular weight excluding hydrogens is 322 g/mol. The topological polar surface area (TPSA) is 53.6 Å². The number of thiophene rings is 1. The summed E-state index contributed by atoms with van der Waals surface area (Å²) in [4.78, 5) is 14.1. The zero-order valence-corrected chi connectivity index (χ0v) is 15.7. The number of nitrogens with one attached hydrogen (secondary N) is 2. The molecule has 5 nitrogen and oxygen atoms in total. The van der Waals surface area contributed by atoms with Gasteiger partial charge < -0.3 is 20.3 Å². The second kappa shape index (κ2) is 10.7. The summed E-state index contributed by atoms with van der Waals surface area (Å²) in [6.07, 6.45) is 7.64. The number of hydrogen-bond acceptors (Lipinski definition) is 4. The molecule has 0 aliphatic heterocycles. The lowest BCUT2D eigenvalue weighted by Crippen LogP contribution is -2.41. The van der Waals surface area contributed by atoms with Crippen molar-refractivity contribution in [3.8, 4) is 0 Å². The molecule has 1 aliphatic carbocycles. The van der Waals surface area contributed by atoms with Gasteiger partial charge in [-0.1, -0.05) is 19.3 Å². The second-order valence-corrected chi connectivity index (χ2v) is 7.44. The first-order valence-corrected chi connectivity index (χ1v) is 9.93. The van der Waals surface area contributed by atoms with Crippen LogP contribution in [0.4, 0.5) is 4.79 Å². The molecular formula is C18H31N3O2S. The Morgan fingerprint density at radius 3 is 2.79 bits per heavy atom. The number of likely N-dealkylation sites (N-methyl/N-ethyl adjacent to an activating group) is 1. The molecule has 2 rings (SSSR count). The van der Waals surface area contributed by atoms with Gasteiger partial charge in [0.05, 0.1) is 12.1 Å². The number of nitrogens with zero attached hydrogens (tertiary/aromatic N) is 1. The molecule has 24 heavy (non-hydrogen) atoms. The molecule has 1 aromatic heterocycles. The van der Waals surface area contributed by atoms with E-state index in [4.69, 9.17) is 4.74 Å². The third-order valence-electron chi connectivity index (χ3n) is 4.52. The van der Waals surface area contributed by atoms with Gasteiger partial charge in [-0.05, 0) is 55.7 Å². The maximum atomic E-state index is 11.9. The fourth-order valence-electron chi connectivity index (χ4n) is 3.07. The molecule has 136 valence electrons. The summed E-state index contributed by atoms with van der Waals surface area (Å²) >= 11 is 1.68. The smallest absolute Gasteiger partial charge is 0.314 e. The van der Waals surface area contributed by atoms with Gasteiger partial charge in [0.1, 0.15) is 0 Å². The van der Waals surface area contributed by atoms with Crippen molar-refractivity contribution in [3.05, 3.63) is 22.4 Å². The Morgan fingerprint density at radius 2 is 2.12 bits per heavy atom. The fourth-order valence-corrected chi connectivity index (χ4v) is 3.78. The normalized spacial score (nSPS) is 17.0. The van der Waals surface area contributed by atoms with Gasteiger partial charge in [-0.15, -0.1) is 0 Å². The van der Waals surface area contributed by atoms with Crippen LogP contribution in [0.2, 0.25) is 0 Å². The summed E-state index contributed by atoms with van der Waals surface area (Å²) in [7, 11) is 4.06. The predicted molar refractivity (Wildman–Crippen MR) is 99.6 cm³/mol. The SMILES string of the molecule is CN(C)C(CNC(=O)NCCCOC1CCCCC1)c1ccsc1. The molecule has 0 aromatic carbocycles. The van der Waals surface area contributed by atoms with Crippen LogP contribution >= 0.6 is 11.3 Å². The highest BCUT2D eigenvalue weighted by molar-refractivity contribution is 7.07. The molecule has 1 unspecified atom stereocenters. The third kappa shape index (κ3) is 6.79. The summed E-state index contributed by atoms with van der Waals surface area (Å²) < 4.78 is 5.87. The van der Waals surface area contributed by atoms with E-state index in [0.717, 1.165) is 13.0 Å². The van der Waals surface area contributed by atoms with Crippen molar-refractivity contribution in [2.24, 2.45) is 0 Å². The highest BCUT2D eigenvalue weighted by Gasteiger charge is 2.16. The van der Waals surface area contributed by atoms with Crippen LogP contribution in [0.1, 0.15) is 50.1 Å². The van der Waals surface area contributed by atoms with Crippen LogP contribution in [0.15, 0.2) is 16.8 Å². The minimum atomic E-state index is -0.102. The van der Waals surface area contributed by atoms with Crippen molar-refractivity contribution in [1.82, 2.24) is 15.5 Å². The zero-order valence-electron chi connectivity index (χ0n) is 14.9.